The second kappa shape index (κ2) is 6.56. The number of rotatable bonds is 3. The molecule has 0 radical (unpaired) electrons. The van der Waals surface area contributed by atoms with Gasteiger partial charge in [-0.25, -0.2) is 0 Å². The zero-order chi connectivity index (χ0) is 17.3. The van der Waals surface area contributed by atoms with Gasteiger partial charge in [0.1, 0.15) is 6.61 Å². The van der Waals surface area contributed by atoms with Crippen molar-refractivity contribution in [3.8, 4) is 11.5 Å². The van der Waals surface area contributed by atoms with Crippen LogP contribution in [0.1, 0.15) is 35.2 Å². The molecule has 0 spiro atoms. The van der Waals surface area contributed by atoms with Crippen molar-refractivity contribution in [1.29, 1.82) is 0 Å². The zero-order valence-corrected chi connectivity index (χ0v) is 14.6. The van der Waals surface area contributed by atoms with Crippen molar-refractivity contribution >= 4 is 5.91 Å². The summed E-state index contributed by atoms with van der Waals surface area (Å²) in [6.45, 7) is 8.47. The molecule has 0 saturated carbocycles. The van der Waals surface area contributed by atoms with Crippen LogP contribution in [0.15, 0.2) is 36.4 Å². The van der Waals surface area contributed by atoms with Gasteiger partial charge in [-0.05, 0) is 62.1 Å². The maximum absolute atomic E-state index is 12.5. The topological polar surface area (TPSA) is 47.6 Å². The van der Waals surface area contributed by atoms with Crippen LogP contribution in [0, 0.1) is 20.8 Å². The summed E-state index contributed by atoms with van der Waals surface area (Å²) in [5.41, 5.74) is 4.79. The molecule has 3 rings (SSSR count). The van der Waals surface area contributed by atoms with Gasteiger partial charge in [0.05, 0.1) is 6.04 Å². The Kier molecular flexibility index (Phi) is 4.47. The highest BCUT2D eigenvalue weighted by Gasteiger charge is 2.28. The Balaban J connectivity index is 1.70. The number of aryl methyl sites for hydroxylation is 3. The molecule has 0 unspecified atom stereocenters. The number of hydrogen-bond acceptors (Lipinski definition) is 3. The Morgan fingerprint density at radius 3 is 2.50 bits per heavy atom. The average Bonchev–Trinajstić information content (AvgIpc) is 2.57. The highest BCUT2D eigenvalue weighted by atomic mass is 16.6. The molecule has 0 saturated heterocycles. The number of nitrogens with one attached hydrogen (secondary N) is 1. The highest BCUT2D eigenvalue weighted by Crippen LogP contribution is 2.31. The average molecular weight is 325 g/mol. The van der Waals surface area contributed by atoms with Crippen LogP contribution in [0.2, 0.25) is 0 Å². The van der Waals surface area contributed by atoms with Crippen molar-refractivity contribution in [3.63, 3.8) is 0 Å². The molecule has 0 aliphatic carbocycles. The van der Waals surface area contributed by atoms with Crippen LogP contribution in [-0.4, -0.2) is 18.6 Å². The second-order valence-electron chi connectivity index (χ2n) is 6.39. The first-order valence-corrected chi connectivity index (χ1v) is 8.22. The monoisotopic (exact) mass is 325 g/mol. The van der Waals surface area contributed by atoms with E-state index in [0.717, 1.165) is 5.56 Å². The van der Waals surface area contributed by atoms with E-state index in [1.807, 2.05) is 31.2 Å². The zero-order valence-electron chi connectivity index (χ0n) is 14.6. The summed E-state index contributed by atoms with van der Waals surface area (Å²) in [6, 6.07) is 11.6. The lowest BCUT2D eigenvalue weighted by atomic mass is 9.96. The predicted molar refractivity (Wildman–Crippen MR) is 93.6 cm³/mol. The van der Waals surface area contributed by atoms with E-state index in [2.05, 4.69) is 38.2 Å². The lowest BCUT2D eigenvalue weighted by Gasteiger charge is -2.27. The fourth-order valence-electron chi connectivity index (χ4n) is 2.98. The van der Waals surface area contributed by atoms with Gasteiger partial charge in [0.15, 0.2) is 11.5 Å². The smallest absolute Gasteiger partial charge is 0.265 e. The number of amides is 1. The molecule has 1 heterocycles. The molecule has 4 nitrogen and oxygen atoms in total. The summed E-state index contributed by atoms with van der Waals surface area (Å²) in [5, 5.41) is 3.04. The molecule has 1 N–H and O–H groups in total. The normalized spacial score (nSPS) is 17.2. The number of ether oxygens (including phenoxy) is 2. The summed E-state index contributed by atoms with van der Waals surface area (Å²) >= 11 is 0. The Morgan fingerprint density at radius 2 is 1.75 bits per heavy atom. The Labute approximate surface area is 142 Å². The molecule has 1 aliphatic rings. The maximum atomic E-state index is 12.5. The van der Waals surface area contributed by atoms with Gasteiger partial charge in [0.25, 0.3) is 5.91 Å². The molecule has 2 atom stereocenters. The summed E-state index contributed by atoms with van der Waals surface area (Å²) in [5.74, 6) is 1.13. The maximum Gasteiger partial charge on any atom is 0.265 e. The summed E-state index contributed by atoms with van der Waals surface area (Å²) in [4.78, 5) is 12.5. The van der Waals surface area contributed by atoms with E-state index in [0.29, 0.717) is 11.5 Å². The molecule has 4 heteroatoms. The SMILES string of the molecule is Cc1cc(C)c([C@H](C)NC(=O)[C@@H]2COc3ccccc3O2)cc1C. The van der Waals surface area contributed by atoms with Gasteiger partial charge in [0, 0.05) is 0 Å². The number of carbonyl (C=O) groups is 1. The van der Waals surface area contributed by atoms with E-state index in [1.165, 1.54) is 16.7 Å². The number of para-hydroxylation sites is 2. The number of hydrogen-bond donors (Lipinski definition) is 1. The largest absolute Gasteiger partial charge is 0.485 e. The minimum absolute atomic E-state index is 0.0856. The van der Waals surface area contributed by atoms with Gasteiger partial charge < -0.3 is 14.8 Å². The van der Waals surface area contributed by atoms with E-state index >= 15 is 0 Å². The van der Waals surface area contributed by atoms with Crippen LogP contribution in [0.5, 0.6) is 11.5 Å². The molecule has 0 aromatic heterocycles. The molecule has 126 valence electrons. The molecular weight excluding hydrogens is 302 g/mol. The molecule has 2 aromatic carbocycles. The Hall–Kier alpha value is -2.49. The molecule has 0 fully saturated rings. The van der Waals surface area contributed by atoms with Crippen LogP contribution in [0.3, 0.4) is 0 Å². The van der Waals surface area contributed by atoms with E-state index in [1.54, 1.807) is 0 Å². The lowest BCUT2D eigenvalue weighted by Crippen LogP contribution is -2.44. The minimum Gasteiger partial charge on any atom is -0.485 e. The second-order valence-corrected chi connectivity index (χ2v) is 6.39. The van der Waals surface area contributed by atoms with Crippen LogP contribution < -0.4 is 14.8 Å². The third kappa shape index (κ3) is 3.23. The van der Waals surface area contributed by atoms with E-state index in [4.69, 9.17) is 9.47 Å². The van der Waals surface area contributed by atoms with Gasteiger partial charge in [-0.2, -0.15) is 0 Å². The van der Waals surface area contributed by atoms with Crippen molar-refractivity contribution in [2.75, 3.05) is 6.61 Å². The van der Waals surface area contributed by atoms with E-state index in [-0.39, 0.29) is 18.6 Å². The fraction of sp³-hybridized carbons (Fsp3) is 0.350. The van der Waals surface area contributed by atoms with Crippen molar-refractivity contribution in [3.05, 3.63) is 58.7 Å². The Bertz CT molecular complexity index is 769. The van der Waals surface area contributed by atoms with E-state index in [9.17, 15) is 4.79 Å². The third-order valence-electron chi connectivity index (χ3n) is 4.51. The first-order valence-electron chi connectivity index (χ1n) is 8.22. The predicted octanol–water partition coefficient (Wildman–Crippen LogP) is 3.63. The van der Waals surface area contributed by atoms with E-state index < -0.39 is 6.10 Å². The van der Waals surface area contributed by atoms with Gasteiger partial charge in [-0.3, -0.25) is 4.79 Å². The fourth-order valence-corrected chi connectivity index (χ4v) is 2.98. The van der Waals surface area contributed by atoms with Crippen LogP contribution in [0.4, 0.5) is 0 Å². The van der Waals surface area contributed by atoms with Crippen molar-refractivity contribution in [2.45, 2.75) is 39.8 Å². The van der Waals surface area contributed by atoms with Crippen LogP contribution in [0.25, 0.3) is 0 Å². The summed E-state index contributed by atoms with van der Waals surface area (Å²) in [6.07, 6.45) is -0.630. The molecular formula is C20H23NO3. The molecule has 1 aliphatic heterocycles. The molecule has 2 aromatic rings. The quantitative estimate of drug-likeness (QED) is 0.937. The minimum atomic E-state index is -0.630. The molecule has 24 heavy (non-hydrogen) atoms. The number of benzene rings is 2. The van der Waals surface area contributed by atoms with Crippen LogP contribution in [-0.2, 0) is 4.79 Å². The molecule has 1 amide bonds. The first-order chi connectivity index (χ1) is 11.5. The van der Waals surface area contributed by atoms with Crippen molar-refractivity contribution in [2.24, 2.45) is 0 Å². The third-order valence-corrected chi connectivity index (χ3v) is 4.51. The standard InChI is InChI=1S/C20H23NO3/c1-12-9-14(3)16(10-13(12)2)15(4)21-20(22)19-11-23-17-7-5-6-8-18(17)24-19/h5-10,15,19H,11H2,1-4H3,(H,21,22)/t15-,19-/m0/s1. The number of fused-ring (bicyclic) bond motifs is 1. The van der Waals surface area contributed by atoms with Gasteiger partial charge in [0.2, 0.25) is 6.10 Å². The van der Waals surface area contributed by atoms with Crippen molar-refractivity contribution in [1.82, 2.24) is 5.32 Å². The lowest BCUT2D eigenvalue weighted by molar-refractivity contribution is -0.131. The van der Waals surface area contributed by atoms with Crippen LogP contribution >= 0.6 is 0 Å². The summed E-state index contributed by atoms with van der Waals surface area (Å²) < 4.78 is 11.4. The first kappa shape index (κ1) is 16.4. The molecule has 0 bridgehead atoms. The summed E-state index contributed by atoms with van der Waals surface area (Å²) in [7, 11) is 0. The van der Waals surface area contributed by atoms with Gasteiger partial charge in [-0.1, -0.05) is 24.3 Å². The van der Waals surface area contributed by atoms with Gasteiger partial charge >= 0.3 is 0 Å². The van der Waals surface area contributed by atoms with Crippen molar-refractivity contribution < 1.29 is 14.3 Å². The highest BCUT2D eigenvalue weighted by molar-refractivity contribution is 5.82. The van der Waals surface area contributed by atoms with Gasteiger partial charge in [-0.15, -0.1) is 0 Å². The number of carbonyl (C=O) groups excluding carboxylic acids is 1. The Morgan fingerprint density at radius 1 is 1.08 bits per heavy atom.